The monoisotopic (exact) mass is 267 g/mol. The molecule has 1 amide bonds. The van der Waals surface area contributed by atoms with E-state index in [1.807, 2.05) is 29.2 Å². The van der Waals surface area contributed by atoms with Crippen LogP contribution in [0.15, 0.2) is 36.4 Å². The van der Waals surface area contributed by atoms with E-state index in [4.69, 9.17) is 4.74 Å². The molecule has 2 aromatic carbocycles. The summed E-state index contributed by atoms with van der Waals surface area (Å²) >= 11 is 0. The lowest BCUT2D eigenvalue weighted by molar-refractivity contribution is 0.0954. The highest BCUT2D eigenvalue weighted by Gasteiger charge is 2.30. The number of hydrogen-bond acceptors (Lipinski definition) is 2. The highest BCUT2D eigenvalue weighted by atomic mass is 16.5. The molecule has 4 rings (SSSR count). The third-order valence-corrected chi connectivity index (χ3v) is 4.35. The van der Waals surface area contributed by atoms with E-state index in [0.29, 0.717) is 6.10 Å². The minimum Gasteiger partial charge on any atom is -0.378 e. The summed E-state index contributed by atoms with van der Waals surface area (Å²) in [6.45, 7) is 1.62. The molecule has 0 saturated carbocycles. The van der Waals surface area contributed by atoms with Crippen LogP contribution in [0.25, 0.3) is 10.8 Å². The van der Waals surface area contributed by atoms with Crippen LogP contribution in [-0.2, 0) is 4.74 Å². The lowest BCUT2D eigenvalue weighted by Crippen LogP contribution is -2.30. The standard InChI is InChI=1S/C17H17NO2/c19-17-14-7-1-4-12-5-2-8-15(16(12)14)18(17)10-9-13-6-3-11-20-13/h1-2,4-5,7-8,13H,3,6,9-11H2. The molecule has 1 atom stereocenters. The molecule has 2 heterocycles. The van der Waals surface area contributed by atoms with Gasteiger partial charge in [-0.3, -0.25) is 4.79 Å². The first-order chi connectivity index (χ1) is 9.84. The van der Waals surface area contributed by atoms with Gasteiger partial charge in [0, 0.05) is 24.1 Å². The van der Waals surface area contributed by atoms with Crippen molar-refractivity contribution in [1.29, 1.82) is 0 Å². The molecule has 102 valence electrons. The summed E-state index contributed by atoms with van der Waals surface area (Å²) in [4.78, 5) is 14.5. The fourth-order valence-electron chi connectivity index (χ4n) is 3.35. The van der Waals surface area contributed by atoms with Gasteiger partial charge in [-0.2, -0.15) is 0 Å². The van der Waals surface area contributed by atoms with Crippen LogP contribution in [0.1, 0.15) is 29.6 Å². The number of anilines is 1. The van der Waals surface area contributed by atoms with E-state index in [0.717, 1.165) is 54.4 Å². The van der Waals surface area contributed by atoms with Crippen molar-refractivity contribution >= 4 is 22.4 Å². The molecule has 0 N–H and O–H groups in total. The Hall–Kier alpha value is -1.87. The maximum Gasteiger partial charge on any atom is 0.258 e. The summed E-state index contributed by atoms with van der Waals surface area (Å²) in [5, 5.41) is 2.25. The summed E-state index contributed by atoms with van der Waals surface area (Å²) in [6.07, 6.45) is 3.52. The predicted octanol–water partition coefficient (Wildman–Crippen LogP) is 3.37. The summed E-state index contributed by atoms with van der Waals surface area (Å²) in [6, 6.07) is 12.1. The number of nitrogens with zero attached hydrogens (tertiary/aromatic N) is 1. The zero-order valence-corrected chi connectivity index (χ0v) is 11.3. The van der Waals surface area contributed by atoms with Crippen molar-refractivity contribution in [3.8, 4) is 0 Å². The van der Waals surface area contributed by atoms with Crippen molar-refractivity contribution in [1.82, 2.24) is 0 Å². The molecule has 20 heavy (non-hydrogen) atoms. The molecule has 0 bridgehead atoms. The SMILES string of the molecule is O=C1c2cccc3cccc(c23)N1CCC1CCCO1. The second-order valence-corrected chi connectivity index (χ2v) is 5.56. The highest BCUT2D eigenvalue weighted by molar-refractivity contribution is 6.24. The van der Waals surface area contributed by atoms with E-state index < -0.39 is 0 Å². The first kappa shape index (κ1) is 11.9. The number of rotatable bonds is 3. The first-order valence-corrected chi connectivity index (χ1v) is 7.30. The number of benzene rings is 2. The van der Waals surface area contributed by atoms with Gasteiger partial charge in [0.1, 0.15) is 0 Å². The number of hydrogen-bond donors (Lipinski definition) is 0. The van der Waals surface area contributed by atoms with E-state index in [-0.39, 0.29) is 5.91 Å². The molecule has 0 aliphatic carbocycles. The topological polar surface area (TPSA) is 29.5 Å². The lowest BCUT2D eigenvalue weighted by atomic mass is 10.1. The van der Waals surface area contributed by atoms with Crippen LogP contribution in [0.5, 0.6) is 0 Å². The van der Waals surface area contributed by atoms with E-state index >= 15 is 0 Å². The maximum atomic E-state index is 12.6. The first-order valence-electron chi connectivity index (χ1n) is 7.30. The average Bonchev–Trinajstić information content (AvgIpc) is 3.08. The van der Waals surface area contributed by atoms with Gasteiger partial charge < -0.3 is 9.64 Å². The Labute approximate surface area is 118 Å². The van der Waals surface area contributed by atoms with Gasteiger partial charge >= 0.3 is 0 Å². The minimum absolute atomic E-state index is 0.134. The Morgan fingerprint density at radius 1 is 1.20 bits per heavy atom. The van der Waals surface area contributed by atoms with Gasteiger partial charge in [0.25, 0.3) is 5.91 Å². The fourth-order valence-corrected chi connectivity index (χ4v) is 3.35. The smallest absolute Gasteiger partial charge is 0.258 e. The van der Waals surface area contributed by atoms with Crippen molar-refractivity contribution in [3.63, 3.8) is 0 Å². The number of ether oxygens (including phenoxy) is 1. The fraction of sp³-hybridized carbons (Fsp3) is 0.353. The molecule has 0 radical (unpaired) electrons. The van der Waals surface area contributed by atoms with Gasteiger partial charge in [-0.15, -0.1) is 0 Å². The number of amides is 1. The van der Waals surface area contributed by atoms with Gasteiger partial charge in [-0.1, -0.05) is 24.3 Å². The Morgan fingerprint density at radius 2 is 2.05 bits per heavy atom. The van der Waals surface area contributed by atoms with Crippen LogP contribution in [0.4, 0.5) is 5.69 Å². The van der Waals surface area contributed by atoms with E-state index in [1.54, 1.807) is 0 Å². The average molecular weight is 267 g/mol. The molecule has 1 fully saturated rings. The van der Waals surface area contributed by atoms with Crippen molar-refractivity contribution in [3.05, 3.63) is 42.0 Å². The van der Waals surface area contributed by atoms with E-state index in [1.165, 1.54) is 0 Å². The summed E-state index contributed by atoms with van der Waals surface area (Å²) in [5.74, 6) is 0.134. The summed E-state index contributed by atoms with van der Waals surface area (Å²) in [7, 11) is 0. The van der Waals surface area contributed by atoms with Gasteiger partial charge in [0.15, 0.2) is 0 Å². The maximum absolute atomic E-state index is 12.6. The van der Waals surface area contributed by atoms with E-state index in [9.17, 15) is 4.79 Å². The largest absolute Gasteiger partial charge is 0.378 e. The second kappa shape index (κ2) is 4.60. The van der Waals surface area contributed by atoms with Crippen LogP contribution < -0.4 is 4.90 Å². The summed E-state index contributed by atoms with van der Waals surface area (Å²) < 4.78 is 5.66. The molecule has 2 aromatic rings. The molecular weight excluding hydrogens is 250 g/mol. The third kappa shape index (κ3) is 1.74. The predicted molar refractivity (Wildman–Crippen MR) is 79.2 cm³/mol. The van der Waals surface area contributed by atoms with Crippen molar-refractivity contribution < 1.29 is 9.53 Å². The Balaban J connectivity index is 1.66. The normalized spacial score (nSPS) is 21.1. The Bertz CT molecular complexity index is 668. The van der Waals surface area contributed by atoms with Crippen molar-refractivity contribution in [2.24, 2.45) is 0 Å². The van der Waals surface area contributed by atoms with Crippen LogP contribution >= 0.6 is 0 Å². The van der Waals surface area contributed by atoms with Crippen LogP contribution in [-0.4, -0.2) is 25.2 Å². The molecule has 3 nitrogen and oxygen atoms in total. The van der Waals surface area contributed by atoms with Crippen LogP contribution in [0.3, 0.4) is 0 Å². The molecule has 0 aromatic heterocycles. The van der Waals surface area contributed by atoms with Gasteiger partial charge in [-0.25, -0.2) is 0 Å². The third-order valence-electron chi connectivity index (χ3n) is 4.35. The second-order valence-electron chi connectivity index (χ2n) is 5.56. The van der Waals surface area contributed by atoms with Crippen LogP contribution in [0, 0.1) is 0 Å². The van der Waals surface area contributed by atoms with Crippen molar-refractivity contribution in [2.75, 3.05) is 18.1 Å². The minimum atomic E-state index is 0.134. The lowest BCUT2D eigenvalue weighted by Gasteiger charge is -2.19. The zero-order valence-electron chi connectivity index (χ0n) is 11.3. The molecule has 1 saturated heterocycles. The summed E-state index contributed by atoms with van der Waals surface area (Å²) in [5.41, 5.74) is 1.89. The van der Waals surface area contributed by atoms with E-state index in [2.05, 4.69) is 12.1 Å². The van der Waals surface area contributed by atoms with Gasteiger partial charge in [-0.05, 0) is 36.8 Å². The molecule has 2 aliphatic heterocycles. The highest BCUT2D eigenvalue weighted by Crippen LogP contribution is 2.37. The molecule has 1 unspecified atom stereocenters. The molecule has 2 aliphatic rings. The van der Waals surface area contributed by atoms with Crippen molar-refractivity contribution in [2.45, 2.75) is 25.4 Å². The molecule has 3 heteroatoms. The van der Waals surface area contributed by atoms with Crippen LogP contribution in [0.2, 0.25) is 0 Å². The Kier molecular flexibility index (Phi) is 2.74. The molecule has 0 spiro atoms. The molecular formula is C17H17NO2. The quantitative estimate of drug-likeness (QED) is 0.853. The number of carbonyl (C=O) groups excluding carboxylic acids is 1. The van der Waals surface area contributed by atoms with Gasteiger partial charge in [0.05, 0.1) is 11.8 Å². The number of carbonyl (C=O) groups is 1. The van der Waals surface area contributed by atoms with Gasteiger partial charge in [0.2, 0.25) is 0 Å². The Morgan fingerprint density at radius 3 is 2.85 bits per heavy atom. The zero-order chi connectivity index (χ0) is 13.5.